The predicted octanol–water partition coefficient (Wildman–Crippen LogP) is 4.28. The summed E-state index contributed by atoms with van der Waals surface area (Å²) in [5.41, 5.74) is 3.70. The van der Waals surface area contributed by atoms with Crippen molar-refractivity contribution in [3.63, 3.8) is 0 Å². The van der Waals surface area contributed by atoms with Crippen molar-refractivity contribution in [1.82, 2.24) is 9.78 Å². The van der Waals surface area contributed by atoms with Crippen LogP contribution < -0.4 is 5.32 Å². The highest BCUT2D eigenvalue weighted by Gasteiger charge is 2.35. The van der Waals surface area contributed by atoms with Gasteiger partial charge >= 0.3 is 5.97 Å². The molecular formula is C19H16ClN3O3S. The molecule has 1 aliphatic heterocycles. The molecule has 2 N–H and O–H groups in total. The molecule has 3 aromatic rings. The lowest BCUT2D eigenvalue weighted by molar-refractivity contribution is -0.116. The first-order valence-corrected chi connectivity index (χ1v) is 9.50. The second kappa shape index (κ2) is 6.51. The predicted molar refractivity (Wildman–Crippen MR) is 105 cm³/mol. The summed E-state index contributed by atoms with van der Waals surface area (Å²) >= 11 is 7.18. The van der Waals surface area contributed by atoms with Crippen LogP contribution in [0.1, 0.15) is 38.1 Å². The van der Waals surface area contributed by atoms with Crippen LogP contribution in [-0.2, 0) is 11.8 Å². The van der Waals surface area contributed by atoms with Gasteiger partial charge in [-0.25, -0.2) is 4.79 Å². The minimum atomic E-state index is -1.02. The molecule has 3 heterocycles. The molecule has 1 unspecified atom stereocenters. The van der Waals surface area contributed by atoms with Gasteiger partial charge < -0.3 is 10.4 Å². The number of hydrogen-bond acceptors (Lipinski definition) is 4. The van der Waals surface area contributed by atoms with E-state index in [1.165, 1.54) is 11.3 Å². The highest BCUT2D eigenvalue weighted by molar-refractivity contribution is 7.15. The zero-order valence-corrected chi connectivity index (χ0v) is 16.2. The monoisotopic (exact) mass is 401 g/mol. The van der Waals surface area contributed by atoms with Crippen LogP contribution in [0.3, 0.4) is 0 Å². The summed E-state index contributed by atoms with van der Waals surface area (Å²) in [5, 5.41) is 17.5. The van der Waals surface area contributed by atoms with Gasteiger partial charge in [0.2, 0.25) is 5.91 Å². The molecule has 0 saturated carbocycles. The molecule has 6 nitrogen and oxygen atoms in total. The first kappa shape index (κ1) is 17.8. The fourth-order valence-electron chi connectivity index (χ4n) is 3.44. The third kappa shape index (κ3) is 2.93. The first-order chi connectivity index (χ1) is 12.9. The van der Waals surface area contributed by atoms with Crippen molar-refractivity contribution in [1.29, 1.82) is 0 Å². The largest absolute Gasteiger partial charge is 0.477 e. The summed E-state index contributed by atoms with van der Waals surface area (Å²) in [4.78, 5) is 25.4. The number of carboxylic acids is 1. The summed E-state index contributed by atoms with van der Waals surface area (Å²) in [6.07, 6.45) is 2.02. The van der Waals surface area contributed by atoms with E-state index in [-0.39, 0.29) is 23.1 Å². The van der Waals surface area contributed by atoms with Gasteiger partial charge in [0, 0.05) is 46.1 Å². The normalized spacial score (nSPS) is 16.1. The van der Waals surface area contributed by atoms with Crippen LogP contribution in [0.2, 0.25) is 5.02 Å². The lowest BCUT2D eigenvalue weighted by atomic mass is 9.89. The summed E-state index contributed by atoms with van der Waals surface area (Å²) < 4.78 is 1.76. The Morgan fingerprint density at radius 1 is 1.37 bits per heavy atom. The minimum Gasteiger partial charge on any atom is -0.477 e. The number of nitrogens with zero attached hydrogens (tertiary/aromatic N) is 2. The van der Waals surface area contributed by atoms with Crippen LogP contribution in [0.5, 0.6) is 0 Å². The Hall–Kier alpha value is -2.64. The smallest absolute Gasteiger partial charge is 0.346 e. The number of carboxylic acid groups (broad SMARTS) is 1. The third-order valence-corrected chi connectivity index (χ3v) is 6.43. The highest BCUT2D eigenvalue weighted by Crippen LogP contribution is 2.49. The molecule has 1 atom stereocenters. The van der Waals surface area contributed by atoms with Crippen molar-refractivity contribution in [2.24, 2.45) is 7.05 Å². The van der Waals surface area contributed by atoms with Crippen LogP contribution in [0.15, 0.2) is 30.5 Å². The Labute approximate surface area is 164 Å². The molecule has 0 radical (unpaired) electrons. The number of halogens is 1. The average Bonchev–Trinajstić information content (AvgIpc) is 3.16. The molecule has 138 valence electrons. The molecule has 0 fully saturated rings. The third-order valence-electron chi connectivity index (χ3n) is 4.88. The Morgan fingerprint density at radius 3 is 2.67 bits per heavy atom. The number of aryl methyl sites for hydroxylation is 1. The van der Waals surface area contributed by atoms with E-state index in [2.05, 4.69) is 10.4 Å². The number of aromatic carboxylic acids is 1. The maximum absolute atomic E-state index is 12.4. The summed E-state index contributed by atoms with van der Waals surface area (Å²) in [6.45, 7) is 1.94. The number of carbonyl (C=O) groups excluding carboxylic acids is 1. The maximum Gasteiger partial charge on any atom is 0.346 e. The number of aromatic nitrogens is 2. The Bertz CT molecular complexity index is 1070. The van der Waals surface area contributed by atoms with Gasteiger partial charge in [-0.3, -0.25) is 9.48 Å². The van der Waals surface area contributed by atoms with E-state index >= 15 is 0 Å². The SMILES string of the molecule is Cc1c(C2CC(=O)Nc3c2sc(C(=O)O)c3-c2ccc(Cl)cc2)cnn1C. The van der Waals surface area contributed by atoms with Crippen LogP contribution in [-0.4, -0.2) is 26.8 Å². The lowest BCUT2D eigenvalue weighted by Gasteiger charge is -2.23. The number of hydrogen-bond donors (Lipinski definition) is 2. The molecule has 0 bridgehead atoms. The van der Waals surface area contributed by atoms with Gasteiger partial charge in [0.1, 0.15) is 4.88 Å². The molecule has 2 aromatic heterocycles. The van der Waals surface area contributed by atoms with E-state index in [1.54, 1.807) is 35.1 Å². The Balaban J connectivity index is 1.95. The van der Waals surface area contributed by atoms with Crippen molar-refractivity contribution in [2.45, 2.75) is 19.3 Å². The van der Waals surface area contributed by atoms with Crippen molar-refractivity contribution in [2.75, 3.05) is 5.32 Å². The molecule has 4 rings (SSSR count). The molecule has 0 aliphatic carbocycles. The molecule has 0 spiro atoms. The van der Waals surface area contributed by atoms with Crippen LogP contribution in [0.4, 0.5) is 5.69 Å². The van der Waals surface area contributed by atoms with Crippen molar-refractivity contribution in [3.8, 4) is 11.1 Å². The topological polar surface area (TPSA) is 84.2 Å². The van der Waals surface area contributed by atoms with Crippen LogP contribution in [0, 0.1) is 6.92 Å². The summed E-state index contributed by atoms with van der Waals surface area (Å²) in [6, 6.07) is 6.95. The van der Waals surface area contributed by atoms with E-state index in [0.29, 0.717) is 21.8 Å². The number of fused-ring (bicyclic) bond motifs is 1. The number of benzene rings is 1. The van der Waals surface area contributed by atoms with Gasteiger partial charge in [-0.1, -0.05) is 23.7 Å². The quantitative estimate of drug-likeness (QED) is 0.685. The number of amides is 1. The number of rotatable bonds is 3. The molecule has 1 aromatic carbocycles. The summed E-state index contributed by atoms with van der Waals surface area (Å²) in [5.74, 6) is -1.37. The molecule has 1 aliphatic rings. The Kier molecular flexibility index (Phi) is 4.28. The standard InChI is InChI=1S/C19H16ClN3O3S/c1-9-13(8-21-23(9)2)12-7-14(24)22-16-15(10-3-5-11(20)6-4-10)18(19(25)26)27-17(12)16/h3-6,8,12H,7H2,1-2H3,(H,22,24)(H,25,26). The van der Waals surface area contributed by atoms with Gasteiger partial charge in [-0.05, 0) is 24.6 Å². The second-order valence-corrected chi connectivity index (χ2v) is 7.96. The zero-order chi connectivity index (χ0) is 19.3. The number of nitrogens with one attached hydrogen (secondary N) is 1. The number of anilines is 1. The van der Waals surface area contributed by atoms with E-state index in [0.717, 1.165) is 16.1 Å². The van der Waals surface area contributed by atoms with Crippen LogP contribution in [0.25, 0.3) is 11.1 Å². The molecule has 0 saturated heterocycles. The fraction of sp³-hybridized carbons (Fsp3) is 0.211. The molecule has 1 amide bonds. The molecule has 27 heavy (non-hydrogen) atoms. The van der Waals surface area contributed by atoms with Crippen molar-refractivity contribution in [3.05, 3.63) is 56.5 Å². The van der Waals surface area contributed by atoms with E-state index < -0.39 is 5.97 Å². The second-order valence-electron chi connectivity index (χ2n) is 6.47. The molecular weight excluding hydrogens is 386 g/mol. The average molecular weight is 402 g/mol. The van der Waals surface area contributed by atoms with Gasteiger partial charge in [-0.2, -0.15) is 5.10 Å². The molecule has 8 heteroatoms. The van der Waals surface area contributed by atoms with Gasteiger partial charge in [-0.15, -0.1) is 11.3 Å². The van der Waals surface area contributed by atoms with E-state index in [4.69, 9.17) is 11.6 Å². The number of thiophene rings is 1. The zero-order valence-electron chi connectivity index (χ0n) is 14.6. The number of carbonyl (C=O) groups is 2. The van der Waals surface area contributed by atoms with Gasteiger partial charge in [0.15, 0.2) is 0 Å². The minimum absolute atomic E-state index is 0.138. The highest BCUT2D eigenvalue weighted by atomic mass is 35.5. The van der Waals surface area contributed by atoms with Gasteiger partial charge in [0.25, 0.3) is 0 Å². The fourth-order valence-corrected chi connectivity index (χ4v) is 4.80. The van der Waals surface area contributed by atoms with Crippen LogP contribution >= 0.6 is 22.9 Å². The van der Waals surface area contributed by atoms with Crippen molar-refractivity contribution < 1.29 is 14.7 Å². The van der Waals surface area contributed by atoms with E-state index in [9.17, 15) is 14.7 Å². The first-order valence-electron chi connectivity index (χ1n) is 8.31. The lowest BCUT2D eigenvalue weighted by Crippen LogP contribution is -2.22. The van der Waals surface area contributed by atoms with Crippen molar-refractivity contribution >= 4 is 40.5 Å². The maximum atomic E-state index is 12.4. The van der Waals surface area contributed by atoms with E-state index in [1.807, 2.05) is 14.0 Å². The Morgan fingerprint density at radius 2 is 2.07 bits per heavy atom. The van der Waals surface area contributed by atoms with Gasteiger partial charge in [0.05, 0.1) is 11.9 Å². The summed E-state index contributed by atoms with van der Waals surface area (Å²) in [7, 11) is 1.85.